The number of hydrogen-bond acceptors (Lipinski definition) is 4. The molecule has 6 nitrogen and oxygen atoms in total. The SMILES string of the molecule is CN1C[C@@H](N)C[C@H]1C(=O)NCCCn1ccnc1. The molecule has 1 aliphatic heterocycles. The van der Waals surface area contributed by atoms with Gasteiger partial charge in [0.25, 0.3) is 0 Å². The van der Waals surface area contributed by atoms with Gasteiger partial charge in [0.1, 0.15) is 0 Å². The molecule has 0 spiro atoms. The van der Waals surface area contributed by atoms with Crippen LogP contribution in [-0.2, 0) is 11.3 Å². The molecule has 2 rings (SSSR count). The maximum Gasteiger partial charge on any atom is 0.237 e. The summed E-state index contributed by atoms with van der Waals surface area (Å²) in [6.07, 6.45) is 7.12. The zero-order chi connectivity index (χ0) is 13.0. The molecule has 0 bridgehead atoms. The second-order valence-electron chi connectivity index (χ2n) is 4.90. The average Bonchev–Trinajstić information content (AvgIpc) is 2.94. The maximum absolute atomic E-state index is 11.9. The van der Waals surface area contributed by atoms with E-state index in [0.29, 0.717) is 6.54 Å². The molecule has 1 amide bonds. The molecule has 3 N–H and O–H groups in total. The van der Waals surface area contributed by atoms with E-state index in [1.807, 2.05) is 22.7 Å². The Morgan fingerprint density at radius 1 is 1.61 bits per heavy atom. The Bertz CT molecular complexity index is 378. The first-order valence-corrected chi connectivity index (χ1v) is 6.36. The summed E-state index contributed by atoms with van der Waals surface area (Å²) >= 11 is 0. The normalized spacial score (nSPS) is 24.3. The van der Waals surface area contributed by atoms with E-state index < -0.39 is 0 Å². The number of nitrogens with one attached hydrogen (secondary N) is 1. The van der Waals surface area contributed by atoms with Crippen molar-refractivity contribution in [3.05, 3.63) is 18.7 Å². The van der Waals surface area contributed by atoms with Gasteiger partial charge >= 0.3 is 0 Å². The molecule has 1 aliphatic rings. The molecule has 2 heterocycles. The molecular formula is C12H21N5O. The molecule has 0 radical (unpaired) electrons. The summed E-state index contributed by atoms with van der Waals surface area (Å²) in [4.78, 5) is 17.9. The third kappa shape index (κ3) is 3.30. The van der Waals surface area contributed by atoms with Crippen molar-refractivity contribution in [3.63, 3.8) is 0 Å². The van der Waals surface area contributed by atoms with Crippen LogP contribution in [0, 0.1) is 0 Å². The van der Waals surface area contributed by atoms with Crippen LogP contribution in [0.1, 0.15) is 12.8 Å². The summed E-state index contributed by atoms with van der Waals surface area (Å²) < 4.78 is 2.00. The molecule has 0 unspecified atom stereocenters. The van der Waals surface area contributed by atoms with Crippen LogP contribution in [0.2, 0.25) is 0 Å². The number of nitrogens with zero attached hydrogens (tertiary/aromatic N) is 3. The van der Waals surface area contributed by atoms with Gasteiger partial charge in [0, 0.05) is 38.1 Å². The number of nitrogens with two attached hydrogens (primary N) is 1. The third-order valence-corrected chi connectivity index (χ3v) is 3.33. The van der Waals surface area contributed by atoms with Gasteiger partial charge in [-0.15, -0.1) is 0 Å². The van der Waals surface area contributed by atoms with Crippen LogP contribution >= 0.6 is 0 Å². The summed E-state index contributed by atoms with van der Waals surface area (Å²) in [7, 11) is 1.95. The molecule has 1 fully saturated rings. The molecular weight excluding hydrogens is 230 g/mol. The molecule has 1 saturated heterocycles. The van der Waals surface area contributed by atoms with Crippen molar-refractivity contribution in [2.75, 3.05) is 20.1 Å². The summed E-state index contributed by atoms with van der Waals surface area (Å²) in [6, 6.07) is 0.0601. The molecule has 0 saturated carbocycles. The van der Waals surface area contributed by atoms with E-state index >= 15 is 0 Å². The molecule has 2 atom stereocenters. The van der Waals surface area contributed by atoms with Gasteiger partial charge in [0.05, 0.1) is 12.4 Å². The van der Waals surface area contributed by atoms with Gasteiger partial charge in [0.2, 0.25) is 5.91 Å². The number of imidazole rings is 1. The van der Waals surface area contributed by atoms with E-state index in [9.17, 15) is 4.79 Å². The Kier molecular flexibility index (Phi) is 4.33. The maximum atomic E-state index is 11.9. The van der Waals surface area contributed by atoms with E-state index in [-0.39, 0.29) is 18.0 Å². The second kappa shape index (κ2) is 5.97. The van der Waals surface area contributed by atoms with Crippen molar-refractivity contribution in [1.29, 1.82) is 0 Å². The first-order valence-electron chi connectivity index (χ1n) is 6.36. The van der Waals surface area contributed by atoms with Crippen LogP contribution < -0.4 is 11.1 Å². The molecule has 100 valence electrons. The van der Waals surface area contributed by atoms with Crippen molar-refractivity contribution < 1.29 is 4.79 Å². The largest absolute Gasteiger partial charge is 0.355 e. The smallest absolute Gasteiger partial charge is 0.237 e. The van der Waals surface area contributed by atoms with Crippen molar-refractivity contribution in [2.24, 2.45) is 5.73 Å². The third-order valence-electron chi connectivity index (χ3n) is 3.33. The summed E-state index contributed by atoms with van der Waals surface area (Å²) in [5.74, 6) is 0.0936. The lowest BCUT2D eigenvalue weighted by molar-refractivity contribution is -0.125. The zero-order valence-corrected chi connectivity index (χ0v) is 10.7. The molecule has 1 aromatic heterocycles. The topological polar surface area (TPSA) is 76.2 Å². The van der Waals surface area contributed by atoms with Crippen LogP contribution in [0.5, 0.6) is 0 Å². The Labute approximate surface area is 107 Å². The summed E-state index contributed by atoms with van der Waals surface area (Å²) in [5, 5.41) is 2.97. The molecule has 1 aromatic rings. The van der Waals surface area contributed by atoms with Crippen molar-refractivity contribution in [2.45, 2.75) is 31.5 Å². The van der Waals surface area contributed by atoms with E-state index in [1.165, 1.54) is 0 Å². The number of rotatable bonds is 5. The fourth-order valence-corrected chi connectivity index (χ4v) is 2.36. The van der Waals surface area contributed by atoms with E-state index in [1.54, 1.807) is 12.5 Å². The zero-order valence-electron chi connectivity index (χ0n) is 10.7. The number of aryl methyl sites for hydroxylation is 1. The first-order chi connectivity index (χ1) is 8.66. The lowest BCUT2D eigenvalue weighted by atomic mass is 10.1. The number of carbonyl (C=O) groups is 1. The predicted molar refractivity (Wildman–Crippen MR) is 68.9 cm³/mol. The standard InChI is InChI=1S/C12H21N5O/c1-16-8-10(13)7-11(16)12(18)15-3-2-5-17-6-4-14-9-17/h4,6,9-11H,2-3,5,7-8,13H2,1H3,(H,15,18)/t10-,11-/m0/s1. The molecule has 18 heavy (non-hydrogen) atoms. The van der Waals surface area contributed by atoms with Gasteiger partial charge in [-0.25, -0.2) is 4.98 Å². The Balaban J connectivity index is 1.66. The highest BCUT2D eigenvalue weighted by atomic mass is 16.2. The number of likely N-dealkylation sites (tertiary alicyclic amines) is 1. The van der Waals surface area contributed by atoms with Crippen molar-refractivity contribution in [3.8, 4) is 0 Å². The Morgan fingerprint density at radius 2 is 2.44 bits per heavy atom. The second-order valence-corrected chi connectivity index (χ2v) is 4.90. The molecule has 0 aromatic carbocycles. The number of likely N-dealkylation sites (N-methyl/N-ethyl adjacent to an activating group) is 1. The van der Waals surface area contributed by atoms with Gasteiger partial charge in [-0.05, 0) is 19.9 Å². The number of carbonyl (C=O) groups excluding carboxylic acids is 1. The van der Waals surface area contributed by atoms with E-state index in [0.717, 1.165) is 25.9 Å². The van der Waals surface area contributed by atoms with E-state index in [2.05, 4.69) is 10.3 Å². The van der Waals surface area contributed by atoms with Gasteiger partial charge < -0.3 is 15.6 Å². The van der Waals surface area contributed by atoms with Crippen LogP contribution in [0.25, 0.3) is 0 Å². The quantitative estimate of drug-likeness (QED) is 0.687. The van der Waals surface area contributed by atoms with Gasteiger partial charge in [-0.3, -0.25) is 9.69 Å². The Morgan fingerprint density at radius 3 is 3.06 bits per heavy atom. The predicted octanol–water partition coefficient (Wildman–Crippen LogP) is -0.579. The number of amides is 1. The number of hydrogen-bond donors (Lipinski definition) is 2. The fraction of sp³-hybridized carbons (Fsp3) is 0.667. The van der Waals surface area contributed by atoms with Gasteiger partial charge in [-0.1, -0.05) is 0 Å². The minimum absolute atomic E-state index is 0.0618. The van der Waals surface area contributed by atoms with Gasteiger partial charge in [-0.2, -0.15) is 0 Å². The highest BCUT2D eigenvalue weighted by molar-refractivity contribution is 5.82. The number of aromatic nitrogens is 2. The van der Waals surface area contributed by atoms with Gasteiger partial charge in [0.15, 0.2) is 0 Å². The molecule has 0 aliphatic carbocycles. The minimum Gasteiger partial charge on any atom is -0.355 e. The average molecular weight is 251 g/mol. The fourth-order valence-electron chi connectivity index (χ4n) is 2.36. The van der Waals surface area contributed by atoms with E-state index in [4.69, 9.17) is 5.73 Å². The van der Waals surface area contributed by atoms with Crippen LogP contribution in [0.3, 0.4) is 0 Å². The van der Waals surface area contributed by atoms with Crippen LogP contribution in [0.4, 0.5) is 0 Å². The van der Waals surface area contributed by atoms with Crippen LogP contribution in [-0.4, -0.2) is 52.6 Å². The highest BCUT2D eigenvalue weighted by Crippen LogP contribution is 2.13. The lowest BCUT2D eigenvalue weighted by Gasteiger charge is -2.18. The molecule has 6 heteroatoms. The van der Waals surface area contributed by atoms with Crippen molar-refractivity contribution in [1.82, 2.24) is 19.8 Å². The summed E-state index contributed by atoms with van der Waals surface area (Å²) in [6.45, 7) is 2.37. The Hall–Kier alpha value is -1.40. The first kappa shape index (κ1) is 13.0. The van der Waals surface area contributed by atoms with Crippen molar-refractivity contribution >= 4 is 5.91 Å². The highest BCUT2D eigenvalue weighted by Gasteiger charge is 2.32. The van der Waals surface area contributed by atoms with Crippen LogP contribution in [0.15, 0.2) is 18.7 Å². The monoisotopic (exact) mass is 251 g/mol. The summed E-state index contributed by atoms with van der Waals surface area (Å²) in [5.41, 5.74) is 5.84. The lowest BCUT2D eigenvalue weighted by Crippen LogP contribution is -2.41. The minimum atomic E-state index is -0.0618.